The average molecular weight is 271 g/mol. The molecule has 0 unspecified atom stereocenters. The van der Waals surface area contributed by atoms with Crippen molar-refractivity contribution in [2.45, 2.75) is 0 Å². The summed E-state index contributed by atoms with van der Waals surface area (Å²) < 4.78 is 1.11. The molecule has 1 aromatic carbocycles. The molecule has 2 rings (SSSR count). The molecule has 0 spiro atoms. The Morgan fingerprint density at radius 3 is 3.00 bits per heavy atom. The van der Waals surface area contributed by atoms with Crippen LogP contribution in [0.1, 0.15) is 0 Å². The van der Waals surface area contributed by atoms with Gasteiger partial charge in [0, 0.05) is 8.96 Å². The first kappa shape index (κ1) is 7.79. The molecular formula is C9H6INO. The van der Waals surface area contributed by atoms with Crippen molar-refractivity contribution in [2.75, 3.05) is 0 Å². The lowest BCUT2D eigenvalue weighted by Crippen LogP contribution is -1.80. The van der Waals surface area contributed by atoms with E-state index in [1.54, 1.807) is 6.07 Å². The number of pyridine rings is 1. The summed E-state index contributed by atoms with van der Waals surface area (Å²) in [6, 6.07) is 7.60. The number of hydrogen-bond donors (Lipinski definition) is 1. The first-order chi connectivity index (χ1) is 5.77. The highest BCUT2D eigenvalue weighted by molar-refractivity contribution is 14.1. The van der Waals surface area contributed by atoms with E-state index in [9.17, 15) is 5.11 Å². The third-order valence-electron chi connectivity index (χ3n) is 1.66. The Bertz CT molecular complexity index is 428. The summed E-state index contributed by atoms with van der Waals surface area (Å²) in [6.45, 7) is 0. The van der Waals surface area contributed by atoms with E-state index >= 15 is 0 Å². The van der Waals surface area contributed by atoms with Gasteiger partial charge in [0.1, 0.15) is 5.75 Å². The predicted octanol–water partition coefficient (Wildman–Crippen LogP) is 2.55. The monoisotopic (exact) mass is 271 g/mol. The van der Waals surface area contributed by atoms with E-state index in [0.717, 1.165) is 14.5 Å². The SMILES string of the molecule is Oc1cnc2cccc(I)c2c1. The van der Waals surface area contributed by atoms with Crippen LogP contribution >= 0.6 is 22.6 Å². The Hall–Kier alpha value is -0.840. The zero-order valence-corrected chi connectivity index (χ0v) is 8.32. The van der Waals surface area contributed by atoms with Gasteiger partial charge in [-0.15, -0.1) is 0 Å². The molecule has 0 fully saturated rings. The zero-order chi connectivity index (χ0) is 8.55. The van der Waals surface area contributed by atoms with Crippen LogP contribution in [-0.4, -0.2) is 10.1 Å². The normalized spacial score (nSPS) is 10.4. The molecule has 1 aromatic heterocycles. The van der Waals surface area contributed by atoms with Crippen molar-refractivity contribution in [1.29, 1.82) is 0 Å². The number of benzene rings is 1. The number of halogens is 1. The largest absolute Gasteiger partial charge is 0.506 e. The molecule has 3 heteroatoms. The summed E-state index contributed by atoms with van der Waals surface area (Å²) in [5, 5.41) is 10.2. The molecule has 0 aliphatic rings. The van der Waals surface area contributed by atoms with Gasteiger partial charge in [0.15, 0.2) is 0 Å². The van der Waals surface area contributed by atoms with Crippen LogP contribution in [0.25, 0.3) is 10.9 Å². The maximum absolute atomic E-state index is 9.19. The van der Waals surface area contributed by atoms with Crippen molar-refractivity contribution in [1.82, 2.24) is 4.98 Å². The van der Waals surface area contributed by atoms with Gasteiger partial charge >= 0.3 is 0 Å². The lowest BCUT2D eigenvalue weighted by molar-refractivity contribution is 0.474. The van der Waals surface area contributed by atoms with Gasteiger partial charge in [0.2, 0.25) is 0 Å². The molecule has 2 aromatic rings. The maximum atomic E-state index is 9.19. The summed E-state index contributed by atoms with van der Waals surface area (Å²) in [5.74, 6) is 0.214. The molecule has 0 amide bonds. The molecule has 0 saturated carbocycles. The summed E-state index contributed by atoms with van der Waals surface area (Å²) in [5.41, 5.74) is 0.916. The Morgan fingerprint density at radius 2 is 2.17 bits per heavy atom. The van der Waals surface area contributed by atoms with E-state index in [0.29, 0.717) is 0 Å². The van der Waals surface area contributed by atoms with E-state index < -0.39 is 0 Å². The Morgan fingerprint density at radius 1 is 1.33 bits per heavy atom. The lowest BCUT2D eigenvalue weighted by atomic mass is 10.2. The van der Waals surface area contributed by atoms with E-state index in [1.807, 2.05) is 18.2 Å². The van der Waals surface area contributed by atoms with Crippen molar-refractivity contribution in [3.8, 4) is 5.75 Å². The minimum Gasteiger partial charge on any atom is -0.506 e. The number of aromatic hydroxyl groups is 1. The molecule has 0 aliphatic carbocycles. The molecule has 0 saturated heterocycles. The van der Waals surface area contributed by atoms with E-state index in [2.05, 4.69) is 27.6 Å². The quantitative estimate of drug-likeness (QED) is 0.747. The maximum Gasteiger partial charge on any atom is 0.134 e. The molecule has 1 N–H and O–H groups in total. The van der Waals surface area contributed by atoms with Crippen LogP contribution in [0.5, 0.6) is 5.75 Å². The lowest BCUT2D eigenvalue weighted by Gasteiger charge is -1.99. The Balaban J connectivity index is 2.88. The molecule has 0 bridgehead atoms. The number of rotatable bonds is 0. The molecule has 60 valence electrons. The highest BCUT2D eigenvalue weighted by atomic mass is 127. The van der Waals surface area contributed by atoms with Gasteiger partial charge in [0.05, 0.1) is 11.7 Å². The third-order valence-corrected chi connectivity index (χ3v) is 2.60. The van der Waals surface area contributed by atoms with E-state index in [4.69, 9.17) is 0 Å². The highest BCUT2D eigenvalue weighted by Gasteiger charge is 1.98. The van der Waals surface area contributed by atoms with Crippen molar-refractivity contribution < 1.29 is 5.11 Å². The minimum atomic E-state index is 0.214. The van der Waals surface area contributed by atoms with E-state index in [1.165, 1.54) is 6.20 Å². The molecule has 0 radical (unpaired) electrons. The molecule has 2 nitrogen and oxygen atoms in total. The smallest absolute Gasteiger partial charge is 0.134 e. The minimum absolute atomic E-state index is 0.214. The van der Waals surface area contributed by atoms with Gasteiger partial charge in [-0.2, -0.15) is 0 Å². The Kier molecular flexibility index (Phi) is 1.88. The van der Waals surface area contributed by atoms with E-state index in [-0.39, 0.29) is 5.75 Å². The summed E-state index contributed by atoms with van der Waals surface area (Å²) >= 11 is 2.22. The number of fused-ring (bicyclic) bond motifs is 1. The second kappa shape index (κ2) is 2.90. The van der Waals surface area contributed by atoms with Crippen LogP contribution in [0, 0.1) is 3.57 Å². The van der Waals surface area contributed by atoms with Crippen LogP contribution in [0.4, 0.5) is 0 Å². The second-order valence-electron chi connectivity index (χ2n) is 2.50. The Labute approximate surface area is 83.4 Å². The van der Waals surface area contributed by atoms with Crippen molar-refractivity contribution in [3.05, 3.63) is 34.0 Å². The van der Waals surface area contributed by atoms with Crippen LogP contribution in [0.15, 0.2) is 30.5 Å². The molecule has 0 atom stereocenters. The van der Waals surface area contributed by atoms with Crippen molar-refractivity contribution >= 4 is 33.5 Å². The number of hydrogen-bond acceptors (Lipinski definition) is 2. The predicted molar refractivity (Wildman–Crippen MR) is 56.1 cm³/mol. The molecule has 0 aliphatic heterocycles. The second-order valence-corrected chi connectivity index (χ2v) is 3.66. The first-order valence-electron chi connectivity index (χ1n) is 3.50. The standard InChI is InChI=1S/C9H6INO/c10-8-2-1-3-9-7(8)4-6(12)5-11-9/h1-5,12H. The fourth-order valence-corrected chi connectivity index (χ4v) is 1.74. The van der Waals surface area contributed by atoms with Crippen LogP contribution < -0.4 is 0 Å². The topological polar surface area (TPSA) is 33.1 Å². The zero-order valence-electron chi connectivity index (χ0n) is 6.16. The molecule has 1 heterocycles. The number of nitrogens with zero attached hydrogens (tertiary/aromatic N) is 1. The highest BCUT2D eigenvalue weighted by Crippen LogP contribution is 2.21. The van der Waals surface area contributed by atoms with Crippen LogP contribution in [-0.2, 0) is 0 Å². The van der Waals surface area contributed by atoms with Gasteiger partial charge in [-0.25, -0.2) is 0 Å². The van der Waals surface area contributed by atoms with Gasteiger partial charge < -0.3 is 5.11 Å². The van der Waals surface area contributed by atoms with Crippen LogP contribution in [0.3, 0.4) is 0 Å². The summed E-state index contributed by atoms with van der Waals surface area (Å²) in [7, 11) is 0. The molecule has 12 heavy (non-hydrogen) atoms. The van der Waals surface area contributed by atoms with Crippen molar-refractivity contribution in [3.63, 3.8) is 0 Å². The number of aromatic nitrogens is 1. The van der Waals surface area contributed by atoms with Crippen molar-refractivity contribution in [2.24, 2.45) is 0 Å². The fraction of sp³-hybridized carbons (Fsp3) is 0. The summed E-state index contributed by atoms with van der Waals surface area (Å²) in [6.07, 6.45) is 1.46. The first-order valence-corrected chi connectivity index (χ1v) is 4.58. The van der Waals surface area contributed by atoms with Gasteiger partial charge in [-0.05, 0) is 40.8 Å². The summed E-state index contributed by atoms with van der Waals surface area (Å²) in [4.78, 5) is 4.09. The van der Waals surface area contributed by atoms with Gasteiger partial charge in [-0.3, -0.25) is 4.98 Å². The van der Waals surface area contributed by atoms with Gasteiger partial charge in [0.25, 0.3) is 0 Å². The third kappa shape index (κ3) is 1.24. The molecular weight excluding hydrogens is 265 g/mol. The average Bonchev–Trinajstić information content (AvgIpc) is 2.07. The van der Waals surface area contributed by atoms with Gasteiger partial charge in [-0.1, -0.05) is 6.07 Å². The fourth-order valence-electron chi connectivity index (χ4n) is 1.10. The van der Waals surface area contributed by atoms with Crippen LogP contribution in [0.2, 0.25) is 0 Å².